The lowest BCUT2D eigenvalue weighted by atomic mass is 9.64. The molecule has 7 unspecified atom stereocenters. The number of carbonyl (C=O) groups is 1. The Kier molecular flexibility index (Phi) is 4.79. The molecule has 1 aliphatic heterocycles. The third-order valence-corrected chi connectivity index (χ3v) is 7.50. The molecule has 0 spiro atoms. The van der Waals surface area contributed by atoms with Crippen LogP contribution in [0.1, 0.15) is 39.0 Å². The van der Waals surface area contributed by atoms with Crippen molar-refractivity contribution in [3.05, 3.63) is 0 Å². The van der Waals surface area contributed by atoms with Gasteiger partial charge < -0.3 is 9.90 Å². The first kappa shape index (κ1) is 17.3. The Morgan fingerprint density at radius 1 is 1.35 bits per heavy atom. The van der Waals surface area contributed by atoms with E-state index in [0.717, 1.165) is 30.0 Å². The second-order valence-electron chi connectivity index (χ2n) is 7.18. The summed E-state index contributed by atoms with van der Waals surface area (Å²) in [5.74, 6) is 0.396. The first-order chi connectivity index (χ1) is 10.9. The fourth-order valence-electron chi connectivity index (χ4n) is 4.62. The predicted octanol–water partition coefficient (Wildman–Crippen LogP) is 0.618. The van der Waals surface area contributed by atoms with E-state index in [0.29, 0.717) is 18.6 Å². The molecule has 1 saturated heterocycles. The molecule has 7 atom stereocenters. The van der Waals surface area contributed by atoms with Crippen molar-refractivity contribution in [3.63, 3.8) is 0 Å². The van der Waals surface area contributed by atoms with Crippen LogP contribution in [0.2, 0.25) is 0 Å². The summed E-state index contributed by atoms with van der Waals surface area (Å²) >= 11 is 0. The molecule has 0 aromatic heterocycles. The molecule has 0 aromatic rings. The molecule has 23 heavy (non-hydrogen) atoms. The molecule has 8 heteroatoms. The number of nitrogens with zero attached hydrogens (tertiary/aromatic N) is 1. The molecule has 0 amide bonds. The predicted molar refractivity (Wildman–Crippen MR) is 82.5 cm³/mol. The van der Waals surface area contributed by atoms with E-state index >= 15 is 4.39 Å². The van der Waals surface area contributed by atoms with Crippen molar-refractivity contribution >= 4 is 16.5 Å². The van der Waals surface area contributed by atoms with Crippen LogP contribution < -0.4 is 4.72 Å². The molecule has 6 nitrogen and oxygen atoms in total. The molecule has 0 aromatic carbocycles. The van der Waals surface area contributed by atoms with Crippen molar-refractivity contribution in [1.82, 2.24) is 9.03 Å². The molecule has 1 heterocycles. The molecule has 0 bridgehead atoms. The van der Waals surface area contributed by atoms with E-state index < -0.39 is 34.6 Å². The van der Waals surface area contributed by atoms with Crippen LogP contribution in [-0.2, 0) is 15.0 Å². The lowest BCUT2D eigenvalue weighted by molar-refractivity contribution is -0.109. The van der Waals surface area contributed by atoms with Crippen molar-refractivity contribution < 1.29 is 22.7 Å². The zero-order chi connectivity index (χ0) is 16.8. The fraction of sp³-hybridized carbons (Fsp3) is 0.933. The maximum absolute atomic E-state index is 15.2. The van der Waals surface area contributed by atoms with Crippen molar-refractivity contribution in [2.45, 2.75) is 63.4 Å². The van der Waals surface area contributed by atoms with Gasteiger partial charge in [0, 0.05) is 6.54 Å². The molecular formula is C15H25FN2O4S. The number of halogens is 1. The Morgan fingerprint density at radius 3 is 2.70 bits per heavy atom. The number of carbonyl (C=O) groups excluding carboxylic acids is 1. The Labute approximate surface area is 136 Å². The number of rotatable bonds is 3. The van der Waals surface area contributed by atoms with Crippen LogP contribution >= 0.6 is 0 Å². The van der Waals surface area contributed by atoms with E-state index in [1.54, 1.807) is 0 Å². The molecule has 2 N–H and O–H groups in total. The van der Waals surface area contributed by atoms with E-state index in [2.05, 4.69) is 11.6 Å². The number of hydrogen-bond acceptors (Lipinski definition) is 4. The maximum Gasteiger partial charge on any atom is 0.280 e. The maximum atomic E-state index is 15.2. The highest BCUT2D eigenvalue weighted by Gasteiger charge is 2.53. The topological polar surface area (TPSA) is 86.7 Å². The van der Waals surface area contributed by atoms with E-state index in [1.165, 1.54) is 0 Å². The first-order valence-corrected chi connectivity index (χ1v) is 9.88. The minimum absolute atomic E-state index is 0.109. The Morgan fingerprint density at radius 2 is 2.09 bits per heavy atom. The van der Waals surface area contributed by atoms with Gasteiger partial charge in [0.1, 0.15) is 12.5 Å². The third kappa shape index (κ3) is 3.06. The third-order valence-electron chi connectivity index (χ3n) is 5.89. The summed E-state index contributed by atoms with van der Waals surface area (Å²) < 4.78 is 42.7. The van der Waals surface area contributed by atoms with Crippen molar-refractivity contribution in [2.75, 3.05) is 6.54 Å². The standard InChI is InChI=1S/C15H25FN2O4S/c1-2-9-3-4-10-6-13(20)15(14(16)12(10)5-9)18-7-11(8-19)17-23(18,21)22/h8-15,17,20H,2-7H2,1H3. The SMILES string of the molecule is CCC1CCC2CC(O)C(N3CC(C=O)NS3(=O)=O)C(F)C2C1. The molecule has 0 radical (unpaired) electrons. The number of aliphatic hydroxyl groups excluding tert-OH is 1. The lowest BCUT2D eigenvalue weighted by Crippen LogP contribution is -2.58. The van der Waals surface area contributed by atoms with Gasteiger partial charge in [-0.3, -0.25) is 0 Å². The number of nitrogens with one attached hydrogen (secondary N) is 1. The van der Waals surface area contributed by atoms with Crippen LogP contribution in [0.3, 0.4) is 0 Å². The summed E-state index contributed by atoms with van der Waals surface area (Å²) in [6.07, 6.45) is 2.24. The average molecular weight is 348 g/mol. The van der Waals surface area contributed by atoms with Crippen LogP contribution in [-0.4, -0.2) is 55.0 Å². The number of alkyl halides is 1. The highest BCUT2D eigenvalue weighted by Crippen LogP contribution is 2.46. The van der Waals surface area contributed by atoms with Crippen LogP contribution in [0, 0.1) is 17.8 Å². The van der Waals surface area contributed by atoms with Gasteiger partial charge in [-0.15, -0.1) is 0 Å². The van der Waals surface area contributed by atoms with Gasteiger partial charge in [0.2, 0.25) is 0 Å². The van der Waals surface area contributed by atoms with Crippen molar-refractivity contribution in [2.24, 2.45) is 17.8 Å². The summed E-state index contributed by atoms with van der Waals surface area (Å²) in [7, 11) is -3.92. The van der Waals surface area contributed by atoms with Crippen LogP contribution in [0.15, 0.2) is 0 Å². The van der Waals surface area contributed by atoms with Crippen LogP contribution in [0.25, 0.3) is 0 Å². The molecule has 2 aliphatic carbocycles. The van der Waals surface area contributed by atoms with Gasteiger partial charge in [0.15, 0.2) is 0 Å². The summed E-state index contributed by atoms with van der Waals surface area (Å²) in [6.45, 7) is 1.99. The van der Waals surface area contributed by atoms with Crippen LogP contribution in [0.5, 0.6) is 0 Å². The number of aldehydes is 1. The summed E-state index contributed by atoms with van der Waals surface area (Å²) in [6, 6.07) is -1.96. The summed E-state index contributed by atoms with van der Waals surface area (Å²) in [5, 5.41) is 10.4. The second kappa shape index (κ2) is 6.38. The van der Waals surface area contributed by atoms with E-state index in [4.69, 9.17) is 0 Å². The normalized spacial score (nSPS) is 47.2. The van der Waals surface area contributed by atoms with Gasteiger partial charge in [0.25, 0.3) is 10.2 Å². The highest BCUT2D eigenvalue weighted by atomic mass is 32.2. The molecule has 3 rings (SSSR count). The number of fused-ring (bicyclic) bond motifs is 1. The molecule has 2 saturated carbocycles. The zero-order valence-corrected chi connectivity index (χ0v) is 14.1. The van der Waals surface area contributed by atoms with E-state index in [-0.39, 0.29) is 18.4 Å². The fourth-order valence-corrected chi connectivity index (χ4v) is 6.20. The summed E-state index contributed by atoms with van der Waals surface area (Å²) in [5.41, 5.74) is 0. The number of aliphatic hydroxyl groups is 1. The van der Waals surface area contributed by atoms with E-state index in [1.807, 2.05) is 0 Å². The van der Waals surface area contributed by atoms with Gasteiger partial charge in [-0.1, -0.05) is 19.8 Å². The average Bonchev–Trinajstić information content (AvgIpc) is 2.82. The minimum atomic E-state index is -3.92. The van der Waals surface area contributed by atoms with Gasteiger partial charge in [-0.25, -0.2) is 4.39 Å². The van der Waals surface area contributed by atoms with Gasteiger partial charge in [0.05, 0.1) is 18.2 Å². The van der Waals surface area contributed by atoms with Gasteiger partial charge in [-0.2, -0.15) is 17.4 Å². The van der Waals surface area contributed by atoms with Crippen molar-refractivity contribution in [3.8, 4) is 0 Å². The smallest absolute Gasteiger partial charge is 0.280 e. The monoisotopic (exact) mass is 348 g/mol. The minimum Gasteiger partial charge on any atom is -0.391 e. The first-order valence-electron chi connectivity index (χ1n) is 8.44. The Bertz CT molecular complexity index is 558. The molecule has 132 valence electrons. The van der Waals surface area contributed by atoms with Gasteiger partial charge >= 0.3 is 0 Å². The molecule has 3 aliphatic rings. The second-order valence-corrected chi connectivity index (χ2v) is 8.84. The zero-order valence-electron chi connectivity index (χ0n) is 13.3. The van der Waals surface area contributed by atoms with Crippen LogP contribution in [0.4, 0.5) is 4.39 Å². The highest BCUT2D eigenvalue weighted by molar-refractivity contribution is 7.87. The Hall–Kier alpha value is -0.570. The summed E-state index contributed by atoms with van der Waals surface area (Å²) in [4.78, 5) is 10.9. The Balaban J connectivity index is 1.83. The van der Waals surface area contributed by atoms with Crippen molar-refractivity contribution in [1.29, 1.82) is 0 Å². The molecule has 3 fully saturated rings. The van der Waals surface area contributed by atoms with Gasteiger partial charge in [-0.05, 0) is 37.0 Å². The number of hydrogen-bond donors (Lipinski definition) is 2. The molecular weight excluding hydrogens is 323 g/mol. The van der Waals surface area contributed by atoms with E-state index in [9.17, 15) is 18.3 Å². The largest absolute Gasteiger partial charge is 0.391 e. The quantitative estimate of drug-likeness (QED) is 0.732. The lowest BCUT2D eigenvalue weighted by Gasteiger charge is -2.48.